The number of aryl methyl sites for hydroxylation is 1. The van der Waals surface area contributed by atoms with E-state index in [1.165, 1.54) is 6.07 Å². The van der Waals surface area contributed by atoms with Crippen molar-refractivity contribution in [3.63, 3.8) is 0 Å². The summed E-state index contributed by atoms with van der Waals surface area (Å²) in [5.74, 6) is -1.08. The fourth-order valence-corrected chi connectivity index (χ4v) is 3.73. The number of carboxylic acids is 1. The molecule has 0 spiro atoms. The molecule has 3 rings (SSSR count). The number of hydrogen-bond acceptors (Lipinski definition) is 4. The van der Waals surface area contributed by atoms with Gasteiger partial charge in [-0.25, -0.2) is 9.37 Å². The topological polar surface area (TPSA) is 56.7 Å². The van der Waals surface area contributed by atoms with Crippen LogP contribution in [0.15, 0.2) is 24.3 Å². The Labute approximate surface area is 147 Å². The van der Waals surface area contributed by atoms with Crippen molar-refractivity contribution < 1.29 is 14.3 Å². The van der Waals surface area contributed by atoms with E-state index in [1.54, 1.807) is 6.07 Å². The number of benzene rings is 1. The summed E-state index contributed by atoms with van der Waals surface area (Å²) in [7, 11) is 0. The summed E-state index contributed by atoms with van der Waals surface area (Å²) >= 11 is 0. The van der Waals surface area contributed by atoms with Gasteiger partial charge in [-0.05, 0) is 38.4 Å². The normalized spacial score (nSPS) is 15.9. The maximum atomic E-state index is 14.1. The third-order valence-corrected chi connectivity index (χ3v) is 4.96. The third-order valence-electron chi connectivity index (χ3n) is 4.96. The lowest BCUT2D eigenvalue weighted by molar-refractivity contribution is -0.139. The van der Waals surface area contributed by atoms with Crippen molar-refractivity contribution in [1.82, 2.24) is 9.88 Å². The average Bonchev–Trinajstić information content (AvgIpc) is 2.60. The van der Waals surface area contributed by atoms with E-state index in [0.717, 1.165) is 49.2 Å². The van der Waals surface area contributed by atoms with Crippen molar-refractivity contribution >= 4 is 22.6 Å². The van der Waals surface area contributed by atoms with Crippen LogP contribution in [0.5, 0.6) is 0 Å². The number of rotatable bonds is 5. The molecule has 0 saturated carbocycles. The summed E-state index contributed by atoms with van der Waals surface area (Å²) in [6, 6.07) is 7.36. The summed E-state index contributed by atoms with van der Waals surface area (Å²) in [6.07, 6.45) is 1.80. The first kappa shape index (κ1) is 17.6. The molecule has 1 fully saturated rings. The number of aromatic nitrogens is 1. The summed E-state index contributed by atoms with van der Waals surface area (Å²) < 4.78 is 14.1. The lowest BCUT2D eigenvalue weighted by atomic mass is 10.0. The smallest absolute Gasteiger partial charge is 0.317 e. The van der Waals surface area contributed by atoms with E-state index in [0.29, 0.717) is 5.52 Å². The van der Waals surface area contributed by atoms with E-state index in [4.69, 9.17) is 5.11 Å². The molecular weight excluding hydrogens is 321 g/mol. The predicted octanol–water partition coefficient (Wildman–Crippen LogP) is 3.06. The van der Waals surface area contributed by atoms with Gasteiger partial charge in [0.1, 0.15) is 11.3 Å². The number of halogens is 1. The Balaban J connectivity index is 1.80. The molecule has 0 amide bonds. The summed E-state index contributed by atoms with van der Waals surface area (Å²) in [5, 5.41) is 9.89. The molecule has 0 radical (unpaired) electrons. The zero-order chi connectivity index (χ0) is 18.0. The fourth-order valence-electron chi connectivity index (χ4n) is 3.73. The quantitative estimate of drug-likeness (QED) is 0.903. The molecule has 5 nitrogen and oxygen atoms in total. The van der Waals surface area contributed by atoms with Gasteiger partial charge in [0.05, 0.1) is 6.54 Å². The second-order valence-corrected chi connectivity index (χ2v) is 6.59. The molecule has 25 heavy (non-hydrogen) atoms. The minimum atomic E-state index is -0.782. The average molecular weight is 345 g/mol. The van der Waals surface area contributed by atoms with Crippen LogP contribution >= 0.6 is 0 Å². The summed E-state index contributed by atoms with van der Waals surface area (Å²) in [5.41, 5.74) is 2.23. The third kappa shape index (κ3) is 3.74. The van der Waals surface area contributed by atoms with E-state index >= 15 is 0 Å². The lowest BCUT2D eigenvalue weighted by Crippen LogP contribution is -2.46. The number of aliphatic carboxylic acids is 1. The number of pyridine rings is 1. The van der Waals surface area contributed by atoms with E-state index < -0.39 is 5.97 Å². The van der Waals surface area contributed by atoms with Crippen LogP contribution in [-0.2, 0) is 4.79 Å². The molecule has 2 heterocycles. The second-order valence-electron chi connectivity index (χ2n) is 6.59. The molecule has 1 saturated heterocycles. The second kappa shape index (κ2) is 7.35. The van der Waals surface area contributed by atoms with Crippen LogP contribution < -0.4 is 4.90 Å². The summed E-state index contributed by atoms with van der Waals surface area (Å²) in [4.78, 5) is 19.7. The first-order valence-corrected chi connectivity index (χ1v) is 8.76. The van der Waals surface area contributed by atoms with Gasteiger partial charge in [0.15, 0.2) is 0 Å². The molecule has 6 heteroatoms. The molecule has 1 N–H and O–H groups in total. The van der Waals surface area contributed by atoms with Crippen molar-refractivity contribution in [3.05, 3.63) is 35.8 Å². The number of likely N-dealkylation sites (N-methyl/N-ethyl adjacent to an activating group) is 1. The van der Waals surface area contributed by atoms with E-state index in [-0.39, 0.29) is 18.4 Å². The molecule has 0 unspecified atom stereocenters. The minimum Gasteiger partial charge on any atom is -0.480 e. The van der Waals surface area contributed by atoms with Crippen LogP contribution in [-0.4, -0.2) is 53.2 Å². The molecule has 0 atom stereocenters. The van der Waals surface area contributed by atoms with Crippen molar-refractivity contribution in [2.45, 2.75) is 32.7 Å². The zero-order valence-corrected chi connectivity index (χ0v) is 14.7. The van der Waals surface area contributed by atoms with Gasteiger partial charge in [-0.3, -0.25) is 9.69 Å². The molecular formula is C19H24FN3O2. The van der Waals surface area contributed by atoms with Gasteiger partial charge in [-0.2, -0.15) is 0 Å². The largest absolute Gasteiger partial charge is 0.480 e. The Morgan fingerprint density at radius 1 is 1.40 bits per heavy atom. The first-order valence-electron chi connectivity index (χ1n) is 8.76. The van der Waals surface area contributed by atoms with Crippen LogP contribution in [0.25, 0.3) is 10.9 Å². The molecule has 1 aliphatic rings. The first-order chi connectivity index (χ1) is 12.0. The molecule has 0 aliphatic carbocycles. The minimum absolute atomic E-state index is 0.0870. The molecule has 134 valence electrons. The van der Waals surface area contributed by atoms with Gasteiger partial charge in [0.2, 0.25) is 0 Å². The van der Waals surface area contributed by atoms with Crippen molar-refractivity contribution in [1.29, 1.82) is 0 Å². The number of carboxylic acid groups (broad SMARTS) is 1. The van der Waals surface area contributed by atoms with Gasteiger partial charge in [-0.15, -0.1) is 0 Å². The number of nitrogens with zero attached hydrogens (tertiary/aromatic N) is 3. The summed E-state index contributed by atoms with van der Waals surface area (Å²) in [6.45, 7) is 6.36. The number of fused-ring (bicyclic) bond motifs is 1. The predicted molar refractivity (Wildman–Crippen MR) is 96.6 cm³/mol. The number of piperidine rings is 1. The number of anilines is 1. The Kier molecular flexibility index (Phi) is 5.18. The Bertz CT molecular complexity index is 773. The highest BCUT2D eigenvalue weighted by molar-refractivity contribution is 5.92. The van der Waals surface area contributed by atoms with E-state index in [1.807, 2.05) is 30.9 Å². The SMILES string of the molecule is CCN(CC(=O)O)C1CCN(c2cc(C)nc3c(F)cccc23)CC1. The van der Waals surface area contributed by atoms with Gasteiger partial charge in [0, 0.05) is 35.9 Å². The van der Waals surface area contributed by atoms with Crippen LogP contribution in [0, 0.1) is 12.7 Å². The van der Waals surface area contributed by atoms with Crippen LogP contribution in [0.1, 0.15) is 25.5 Å². The van der Waals surface area contributed by atoms with Crippen LogP contribution in [0.2, 0.25) is 0 Å². The highest BCUT2D eigenvalue weighted by Crippen LogP contribution is 2.31. The molecule has 1 aliphatic heterocycles. The van der Waals surface area contributed by atoms with Gasteiger partial charge >= 0.3 is 5.97 Å². The van der Waals surface area contributed by atoms with Gasteiger partial charge in [0.25, 0.3) is 0 Å². The molecule has 0 bridgehead atoms. The van der Waals surface area contributed by atoms with Gasteiger partial charge in [-0.1, -0.05) is 19.1 Å². The van der Waals surface area contributed by atoms with E-state index in [9.17, 15) is 9.18 Å². The van der Waals surface area contributed by atoms with Crippen LogP contribution in [0.3, 0.4) is 0 Å². The fraction of sp³-hybridized carbons (Fsp3) is 0.474. The van der Waals surface area contributed by atoms with E-state index in [2.05, 4.69) is 9.88 Å². The standard InChI is InChI=1S/C19H24FN3O2/c1-3-22(12-18(24)25)14-7-9-23(10-8-14)17-11-13(2)21-19-15(17)5-4-6-16(19)20/h4-6,11,14H,3,7-10,12H2,1-2H3,(H,24,25). The Morgan fingerprint density at radius 2 is 2.12 bits per heavy atom. The molecule has 1 aromatic carbocycles. The Hall–Kier alpha value is -2.21. The number of carbonyl (C=O) groups is 1. The van der Waals surface area contributed by atoms with Gasteiger partial charge < -0.3 is 10.0 Å². The maximum absolute atomic E-state index is 14.1. The van der Waals surface area contributed by atoms with Crippen molar-refractivity contribution in [2.24, 2.45) is 0 Å². The Morgan fingerprint density at radius 3 is 2.76 bits per heavy atom. The van der Waals surface area contributed by atoms with Crippen LogP contribution in [0.4, 0.5) is 10.1 Å². The highest BCUT2D eigenvalue weighted by Gasteiger charge is 2.26. The van der Waals surface area contributed by atoms with Crippen molar-refractivity contribution in [2.75, 3.05) is 31.1 Å². The molecule has 2 aromatic rings. The lowest BCUT2D eigenvalue weighted by Gasteiger charge is -2.39. The molecule has 1 aromatic heterocycles. The number of para-hydroxylation sites is 1. The number of hydrogen-bond donors (Lipinski definition) is 1. The van der Waals surface area contributed by atoms with Crippen molar-refractivity contribution in [3.8, 4) is 0 Å². The maximum Gasteiger partial charge on any atom is 0.317 e. The highest BCUT2D eigenvalue weighted by atomic mass is 19.1. The zero-order valence-electron chi connectivity index (χ0n) is 14.7. The monoisotopic (exact) mass is 345 g/mol.